The number of esters is 3. The van der Waals surface area contributed by atoms with Crippen molar-refractivity contribution in [3.05, 3.63) is 0 Å². The molecule has 0 bridgehead atoms. The summed E-state index contributed by atoms with van der Waals surface area (Å²) in [4.78, 5) is 38.0. The summed E-state index contributed by atoms with van der Waals surface area (Å²) in [5.74, 6) is -0.0263. The minimum absolute atomic E-state index is 0.0626. The van der Waals surface area contributed by atoms with E-state index in [-0.39, 0.29) is 31.1 Å². The number of hydrogen-bond acceptors (Lipinski definition) is 6. The molecule has 0 saturated carbocycles. The molecule has 0 aromatic carbocycles. The fourth-order valence-corrected chi connectivity index (χ4v) is 8.39. The molecule has 6 heteroatoms. The summed E-state index contributed by atoms with van der Waals surface area (Å²) in [6.45, 7) is 9.02. The number of hydrogen-bond donors (Lipinski definition) is 0. The number of carbonyl (C=O) groups excluding carboxylic acids is 3. The lowest BCUT2D eigenvalue weighted by Crippen LogP contribution is -2.30. The highest BCUT2D eigenvalue weighted by Crippen LogP contribution is 2.17. The van der Waals surface area contributed by atoms with Gasteiger partial charge in [0.05, 0.1) is 0 Å². The molecule has 0 aliphatic rings. The summed E-state index contributed by atoms with van der Waals surface area (Å²) in [7, 11) is 0. The van der Waals surface area contributed by atoms with Crippen molar-refractivity contribution in [1.29, 1.82) is 0 Å². The number of unbranched alkanes of at least 4 members (excludes halogenated alkanes) is 37. The van der Waals surface area contributed by atoms with Gasteiger partial charge in [-0.15, -0.1) is 0 Å². The number of rotatable bonds is 50. The first-order valence-electron chi connectivity index (χ1n) is 27.4. The molecular weight excluding hydrogens is 757 g/mol. The predicted molar refractivity (Wildman–Crippen MR) is 261 cm³/mol. The summed E-state index contributed by atoms with van der Waals surface area (Å²) >= 11 is 0. The van der Waals surface area contributed by atoms with Gasteiger partial charge < -0.3 is 14.2 Å². The van der Waals surface area contributed by atoms with Crippen LogP contribution in [0, 0.1) is 5.92 Å². The molecule has 6 nitrogen and oxygen atoms in total. The van der Waals surface area contributed by atoms with Gasteiger partial charge >= 0.3 is 17.9 Å². The summed E-state index contributed by atoms with van der Waals surface area (Å²) in [5.41, 5.74) is 0. The molecule has 61 heavy (non-hydrogen) atoms. The molecule has 0 aliphatic heterocycles. The van der Waals surface area contributed by atoms with E-state index >= 15 is 0 Å². The maximum absolute atomic E-state index is 12.8. The first-order valence-corrected chi connectivity index (χ1v) is 27.4. The van der Waals surface area contributed by atoms with E-state index in [4.69, 9.17) is 14.2 Å². The predicted octanol–water partition coefficient (Wildman–Crippen LogP) is 17.8. The van der Waals surface area contributed by atoms with Gasteiger partial charge in [0.15, 0.2) is 6.10 Å². The van der Waals surface area contributed by atoms with Gasteiger partial charge in [0.2, 0.25) is 0 Å². The molecule has 0 rings (SSSR count). The Labute approximate surface area is 380 Å². The summed E-state index contributed by atoms with van der Waals surface area (Å²) in [5, 5.41) is 0. The fourth-order valence-electron chi connectivity index (χ4n) is 8.39. The van der Waals surface area contributed by atoms with Crippen molar-refractivity contribution >= 4 is 17.9 Å². The van der Waals surface area contributed by atoms with Gasteiger partial charge in [0.1, 0.15) is 13.2 Å². The summed E-state index contributed by atoms with van der Waals surface area (Å²) in [6.07, 6.45) is 52.4. The van der Waals surface area contributed by atoms with Gasteiger partial charge in [-0.05, 0) is 25.2 Å². The quantitative estimate of drug-likeness (QED) is 0.0344. The molecule has 0 aromatic rings. The first kappa shape index (κ1) is 59.4. The highest BCUT2D eigenvalue weighted by molar-refractivity contribution is 5.71. The van der Waals surface area contributed by atoms with Crippen LogP contribution < -0.4 is 0 Å². The van der Waals surface area contributed by atoms with E-state index in [1.807, 2.05) is 0 Å². The van der Waals surface area contributed by atoms with Crippen LogP contribution in [0.3, 0.4) is 0 Å². The zero-order valence-corrected chi connectivity index (χ0v) is 41.6. The minimum Gasteiger partial charge on any atom is -0.462 e. The van der Waals surface area contributed by atoms with Crippen LogP contribution in [0.5, 0.6) is 0 Å². The number of carbonyl (C=O) groups is 3. The standard InChI is InChI=1S/C55H106O6/c1-5-7-9-11-13-15-17-18-19-20-21-22-23-24-26-31-35-39-43-47-54(57)60-50-52(49-59-53(56)46-42-38-34-30-25-16-14-12-10-8-6-2)61-55(58)48-44-40-36-32-28-27-29-33-37-41-45-51(3)4/h51-52H,5-50H2,1-4H3/t52-/m0/s1. The Balaban J connectivity index is 4.24. The Morgan fingerprint density at radius 3 is 0.803 bits per heavy atom. The van der Waals surface area contributed by atoms with Crippen LogP contribution in [0.15, 0.2) is 0 Å². The van der Waals surface area contributed by atoms with Crippen LogP contribution in [0.1, 0.15) is 310 Å². The lowest BCUT2D eigenvalue weighted by Gasteiger charge is -2.18. The van der Waals surface area contributed by atoms with Crippen LogP contribution in [0.25, 0.3) is 0 Å². The zero-order valence-electron chi connectivity index (χ0n) is 41.6. The average Bonchev–Trinajstić information content (AvgIpc) is 3.24. The molecule has 0 saturated heterocycles. The van der Waals surface area contributed by atoms with Gasteiger partial charge in [0, 0.05) is 19.3 Å². The molecule has 0 spiro atoms. The van der Waals surface area contributed by atoms with E-state index in [2.05, 4.69) is 27.7 Å². The molecule has 0 amide bonds. The van der Waals surface area contributed by atoms with Crippen molar-refractivity contribution in [2.24, 2.45) is 5.92 Å². The van der Waals surface area contributed by atoms with Crippen molar-refractivity contribution in [3.63, 3.8) is 0 Å². The molecule has 0 radical (unpaired) electrons. The van der Waals surface area contributed by atoms with Gasteiger partial charge in [-0.3, -0.25) is 14.4 Å². The average molecular weight is 863 g/mol. The maximum Gasteiger partial charge on any atom is 0.306 e. The Hall–Kier alpha value is -1.59. The van der Waals surface area contributed by atoms with E-state index in [0.29, 0.717) is 19.3 Å². The van der Waals surface area contributed by atoms with Crippen molar-refractivity contribution in [2.45, 2.75) is 316 Å². The molecule has 0 fully saturated rings. The molecule has 0 aliphatic carbocycles. The van der Waals surface area contributed by atoms with E-state index in [9.17, 15) is 14.4 Å². The maximum atomic E-state index is 12.8. The number of ether oxygens (including phenoxy) is 3. The van der Waals surface area contributed by atoms with Gasteiger partial charge in [-0.25, -0.2) is 0 Å². The van der Waals surface area contributed by atoms with Crippen LogP contribution in [0.2, 0.25) is 0 Å². The second-order valence-electron chi connectivity index (χ2n) is 19.3. The zero-order chi connectivity index (χ0) is 44.5. The molecule has 0 heterocycles. The highest BCUT2D eigenvalue weighted by atomic mass is 16.6. The third kappa shape index (κ3) is 49.3. The van der Waals surface area contributed by atoms with E-state index in [1.54, 1.807) is 0 Å². The minimum atomic E-state index is -0.761. The second kappa shape index (κ2) is 49.4. The topological polar surface area (TPSA) is 78.9 Å². The van der Waals surface area contributed by atoms with Crippen molar-refractivity contribution in [2.75, 3.05) is 13.2 Å². The second-order valence-corrected chi connectivity index (χ2v) is 19.3. The van der Waals surface area contributed by atoms with Crippen LogP contribution in [0.4, 0.5) is 0 Å². The molecule has 362 valence electrons. The van der Waals surface area contributed by atoms with Crippen LogP contribution in [-0.2, 0) is 28.6 Å². The van der Waals surface area contributed by atoms with E-state index in [0.717, 1.165) is 63.7 Å². The Kier molecular flexibility index (Phi) is 48.1. The molecular formula is C55H106O6. The van der Waals surface area contributed by atoms with Gasteiger partial charge in [-0.1, -0.05) is 272 Å². The van der Waals surface area contributed by atoms with Crippen molar-refractivity contribution in [1.82, 2.24) is 0 Å². The monoisotopic (exact) mass is 863 g/mol. The third-order valence-corrected chi connectivity index (χ3v) is 12.5. The molecule has 0 unspecified atom stereocenters. The largest absolute Gasteiger partial charge is 0.462 e. The van der Waals surface area contributed by atoms with Crippen LogP contribution in [-0.4, -0.2) is 37.2 Å². The first-order chi connectivity index (χ1) is 29.9. The molecule has 0 N–H and O–H groups in total. The van der Waals surface area contributed by atoms with E-state index < -0.39 is 6.10 Å². The van der Waals surface area contributed by atoms with Gasteiger partial charge in [0.25, 0.3) is 0 Å². The Morgan fingerprint density at radius 2 is 0.541 bits per heavy atom. The molecule has 1 atom stereocenters. The highest BCUT2D eigenvalue weighted by Gasteiger charge is 2.19. The summed E-state index contributed by atoms with van der Waals surface area (Å²) in [6, 6.07) is 0. The lowest BCUT2D eigenvalue weighted by molar-refractivity contribution is -0.167. The third-order valence-electron chi connectivity index (χ3n) is 12.5. The summed E-state index contributed by atoms with van der Waals surface area (Å²) < 4.78 is 16.8. The smallest absolute Gasteiger partial charge is 0.306 e. The van der Waals surface area contributed by atoms with Gasteiger partial charge in [-0.2, -0.15) is 0 Å². The van der Waals surface area contributed by atoms with E-state index in [1.165, 1.54) is 205 Å². The Bertz CT molecular complexity index is 918. The van der Waals surface area contributed by atoms with Crippen molar-refractivity contribution < 1.29 is 28.6 Å². The molecule has 0 aromatic heterocycles. The van der Waals surface area contributed by atoms with Crippen LogP contribution >= 0.6 is 0 Å². The SMILES string of the molecule is CCCCCCCCCCCCCCCCCCCCCC(=O)OC[C@H](COC(=O)CCCCCCCCCCCCC)OC(=O)CCCCCCCCCCCCC(C)C. The lowest BCUT2D eigenvalue weighted by atomic mass is 10.0. The Morgan fingerprint density at radius 1 is 0.311 bits per heavy atom. The normalized spacial score (nSPS) is 12.0. The fraction of sp³-hybridized carbons (Fsp3) is 0.945. The van der Waals surface area contributed by atoms with Crippen molar-refractivity contribution in [3.8, 4) is 0 Å².